The molecule has 10 heteroatoms. The number of rotatable bonds is 10. The molecule has 1 aliphatic heterocycles. The van der Waals surface area contributed by atoms with Gasteiger partial charge in [-0.05, 0) is 50.7 Å². The van der Waals surface area contributed by atoms with Crippen molar-refractivity contribution in [3.8, 4) is 17.3 Å². The Morgan fingerprint density at radius 2 is 1.97 bits per heavy atom. The highest BCUT2D eigenvalue weighted by Gasteiger charge is 2.32. The molecule has 0 amide bonds. The van der Waals surface area contributed by atoms with E-state index in [0.29, 0.717) is 62.6 Å². The van der Waals surface area contributed by atoms with E-state index in [1.807, 2.05) is 0 Å². The number of pyridine rings is 1. The second-order valence-corrected chi connectivity index (χ2v) is 9.32. The predicted octanol–water partition coefficient (Wildman–Crippen LogP) is 3.37. The lowest BCUT2D eigenvalue weighted by Gasteiger charge is -2.30. The fourth-order valence-electron chi connectivity index (χ4n) is 4.65. The summed E-state index contributed by atoms with van der Waals surface area (Å²) in [5.41, 5.74) is 0.351. The first-order chi connectivity index (χ1) is 17.1. The first-order valence-electron chi connectivity index (χ1n) is 12.3. The number of anilines is 2. The molecular formula is C25H34FN7O2. The average molecular weight is 484 g/mol. The third-order valence-electron chi connectivity index (χ3n) is 6.87. The van der Waals surface area contributed by atoms with Gasteiger partial charge in [-0.25, -0.2) is 19.3 Å². The number of aromatic nitrogens is 3. The van der Waals surface area contributed by atoms with Gasteiger partial charge in [0.15, 0.2) is 5.82 Å². The maximum Gasteiger partial charge on any atom is 0.223 e. The van der Waals surface area contributed by atoms with E-state index in [1.165, 1.54) is 6.20 Å². The third kappa shape index (κ3) is 6.84. The van der Waals surface area contributed by atoms with Gasteiger partial charge >= 0.3 is 0 Å². The fraction of sp³-hybridized carbons (Fsp3) is 0.600. The third-order valence-corrected chi connectivity index (χ3v) is 6.87. The number of hydrogen-bond acceptors (Lipinski definition) is 9. The van der Waals surface area contributed by atoms with Crippen LogP contribution >= 0.6 is 0 Å². The van der Waals surface area contributed by atoms with Gasteiger partial charge in [-0.3, -0.25) is 0 Å². The minimum Gasteiger partial charge on any atom is -0.383 e. The number of ether oxygens (including phenoxy) is 2. The number of halogens is 1. The molecule has 9 nitrogen and oxygen atoms in total. The van der Waals surface area contributed by atoms with Crippen LogP contribution in [0.2, 0.25) is 0 Å². The van der Waals surface area contributed by atoms with Gasteiger partial charge in [-0.1, -0.05) is 0 Å². The molecule has 2 aromatic rings. The van der Waals surface area contributed by atoms with Crippen LogP contribution in [0.4, 0.5) is 16.2 Å². The van der Waals surface area contributed by atoms with Crippen LogP contribution in [0.15, 0.2) is 24.5 Å². The maximum absolute atomic E-state index is 14.7. The SMILES string of the molecule is COCCNC1CCC(Nc2ncc(F)c(-c3ccnc(NCC4(C#N)CCOCC4)c3)n2)CC1. The molecule has 3 heterocycles. The fourth-order valence-corrected chi connectivity index (χ4v) is 4.65. The smallest absolute Gasteiger partial charge is 0.223 e. The van der Waals surface area contributed by atoms with Gasteiger partial charge in [-0.2, -0.15) is 5.26 Å². The van der Waals surface area contributed by atoms with Crippen LogP contribution in [-0.2, 0) is 9.47 Å². The van der Waals surface area contributed by atoms with Crippen molar-refractivity contribution in [3.63, 3.8) is 0 Å². The van der Waals surface area contributed by atoms with Crippen LogP contribution in [-0.4, -0.2) is 67.1 Å². The summed E-state index contributed by atoms with van der Waals surface area (Å²) in [6.45, 7) is 3.20. The van der Waals surface area contributed by atoms with Crippen molar-refractivity contribution in [2.24, 2.45) is 5.41 Å². The van der Waals surface area contributed by atoms with Crippen molar-refractivity contribution in [3.05, 3.63) is 30.3 Å². The van der Waals surface area contributed by atoms with Crippen LogP contribution in [0.5, 0.6) is 0 Å². The Hall–Kier alpha value is -2.87. The molecule has 3 N–H and O–H groups in total. The van der Waals surface area contributed by atoms with Crippen LogP contribution in [0, 0.1) is 22.6 Å². The highest BCUT2D eigenvalue weighted by molar-refractivity contribution is 5.64. The summed E-state index contributed by atoms with van der Waals surface area (Å²) in [4.78, 5) is 13.0. The Labute approximate surface area is 205 Å². The van der Waals surface area contributed by atoms with Crippen molar-refractivity contribution in [1.29, 1.82) is 5.26 Å². The standard InChI is InChI=1S/C25H34FN7O2/c1-34-13-10-28-19-2-4-20(5-3-19)32-24-30-15-21(26)23(33-24)18-6-9-29-22(14-18)31-17-25(16-27)7-11-35-12-8-25/h6,9,14-15,19-20,28H,2-5,7-8,10-13,17H2,1H3,(H,29,31)(H,30,32,33). The summed E-state index contributed by atoms with van der Waals surface area (Å²) in [5.74, 6) is 0.515. The molecule has 2 fully saturated rings. The van der Waals surface area contributed by atoms with Crippen molar-refractivity contribution >= 4 is 11.8 Å². The van der Waals surface area contributed by atoms with Gasteiger partial charge in [0.2, 0.25) is 5.95 Å². The van der Waals surface area contributed by atoms with Crippen LogP contribution in [0.3, 0.4) is 0 Å². The van der Waals surface area contributed by atoms with E-state index in [2.05, 4.69) is 37.0 Å². The summed E-state index contributed by atoms with van der Waals surface area (Å²) in [7, 11) is 1.71. The van der Waals surface area contributed by atoms with E-state index < -0.39 is 11.2 Å². The minimum atomic E-state index is -0.489. The Morgan fingerprint density at radius 1 is 1.20 bits per heavy atom. The monoisotopic (exact) mass is 483 g/mol. The van der Waals surface area contributed by atoms with Crippen molar-refractivity contribution in [1.82, 2.24) is 20.3 Å². The van der Waals surface area contributed by atoms with Crippen LogP contribution in [0.1, 0.15) is 38.5 Å². The number of nitriles is 1. The van der Waals surface area contributed by atoms with Crippen molar-refractivity contribution in [2.75, 3.05) is 50.7 Å². The van der Waals surface area contributed by atoms with E-state index >= 15 is 0 Å². The number of hydrogen-bond donors (Lipinski definition) is 3. The van der Waals surface area contributed by atoms with Gasteiger partial charge in [0, 0.05) is 57.3 Å². The molecule has 2 aromatic heterocycles. The lowest BCUT2D eigenvalue weighted by molar-refractivity contribution is 0.0455. The zero-order valence-electron chi connectivity index (χ0n) is 20.2. The Kier molecular flexibility index (Phi) is 8.79. The highest BCUT2D eigenvalue weighted by atomic mass is 19.1. The van der Waals surface area contributed by atoms with E-state index in [9.17, 15) is 9.65 Å². The summed E-state index contributed by atoms with van der Waals surface area (Å²) in [5, 5.41) is 19.8. The molecule has 1 aliphatic carbocycles. The van der Waals surface area contributed by atoms with Gasteiger partial charge < -0.3 is 25.4 Å². The second-order valence-electron chi connectivity index (χ2n) is 9.32. The normalized spacial score (nSPS) is 21.7. The van der Waals surface area contributed by atoms with E-state index in [1.54, 1.807) is 25.4 Å². The maximum atomic E-state index is 14.7. The zero-order valence-corrected chi connectivity index (χ0v) is 20.2. The van der Waals surface area contributed by atoms with Crippen molar-refractivity contribution < 1.29 is 13.9 Å². The molecular weight excluding hydrogens is 449 g/mol. The van der Waals surface area contributed by atoms with Gasteiger partial charge in [0.25, 0.3) is 0 Å². The molecule has 0 unspecified atom stereocenters. The average Bonchev–Trinajstić information content (AvgIpc) is 2.90. The topological polar surface area (TPSA) is 117 Å². The molecule has 0 aromatic carbocycles. The van der Waals surface area contributed by atoms with Gasteiger partial charge in [0.1, 0.15) is 11.5 Å². The molecule has 0 radical (unpaired) electrons. The molecule has 2 aliphatic rings. The van der Waals surface area contributed by atoms with E-state index in [4.69, 9.17) is 9.47 Å². The molecule has 188 valence electrons. The van der Waals surface area contributed by atoms with Crippen LogP contribution in [0.25, 0.3) is 11.3 Å². The van der Waals surface area contributed by atoms with Gasteiger partial charge in [0.05, 0.1) is 24.3 Å². The highest BCUT2D eigenvalue weighted by Crippen LogP contribution is 2.30. The predicted molar refractivity (Wildman–Crippen MR) is 131 cm³/mol. The summed E-state index contributed by atoms with van der Waals surface area (Å²) < 4.78 is 25.2. The largest absolute Gasteiger partial charge is 0.383 e. The number of methoxy groups -OCH3 is 1. The zero-order chi connectivity index (χ0) is 24.5. The van der Waals surface area contributed by atoms with Crippen molar-refractivity contribution in [2.45, 2.75) is 50.6 Å². The summed E-state index contributed by atoms with van der Waals surface area (Å²) >= 11 is 0. The summed E-state index contributed by atoms with van der Waals surface area (Å²) in [6, 6.07) is 6.68. The van der Waals surface area contributed by atoms with Gasteiger partial charge in [-0.15, -0.1) is 0 Å². The Balaban J connectivity index is 1.38. The molecule has 1 saturated carbocycles. The number of nitrogens with zero attached hydrogens (tertiary/aromatic N) is 4. The molecule has 0 spiro atoms. The molecule has 4 rings (SSSR count). The first-order valence-corrected chi connectivity index (χ1v) is 12.3. The summed E-state index contributed by atoms with van der Waals surface area (Å²) in [6.07, 6.45) is 8.30. The lowest BCUT2D eigenvalue weighted by atomic mass is 9.82. The molecule has 1 saturated heterocycles. The molecule has 0 bridgehead atoms. The molecule has 35 heavy (non-hydrogen) atoms. The quantitative estimate of drug-likeness (QED) is 0.437. The molecule has 0 atom stereocenters. The number of nitrogens with one attached hydrogen (secondary N) is 3. The van der Waals surface area contributed by atoms with Crippen LogP contribution < -0.4 is 16.0 Å². The van der Waals surface area contributed by atoms with E-state index in [-0.39, 0.29) is 11.7 Å². The van der Waals surface area contributed by atoms with E-state index in [0.717, 1.165) is 32.2 Å². The Bertz CT molecular complexity index is 1000. The minimum absolute atomic E-state index is 0.226. The second kappa shape index (κ2) is 12.2. The first kappa shape index (κ1) is 25.2. The lowest BCUT2D eigenvalue weighted by Crippen LogP contribution is -2.38. The Morgan fingerprint density at radius 3 is 2.71 bits per heavy atom.